The third-order valence-corrected chi connectivity index (χ3v) is 6.69. The maximum absolute atomic E-state index is 12.1. The summed E-state index contributed by atoms with van der Waals surface area (Å²) >= 11 is 2.85. The summed E-state index contributed by atoms with van der Waals surface area (Å²) in [7, 11) is 0. The van der Waals surface area contributed by atoms with Crippen molar-refractivity contribution in [2.24, 2.45) is 4.99 Å². The van der Waals surface area contributed by atoms with E-state index in [0.29, 0.717) is 27.0 Å². The van der Waals surface area contributed by atoms with Gasteiger partial charge in [0.25, 0.3) is 0 Å². The van der Waals surface area contributed by atoms with Gasteiger partial charge >= 0.3 is 0 Å². The molecule has 31 heavy (non-hydrogen) atoms. The second-order valence-corrected chi connectivity index (χ2v) is 8.76. The normalized spacial score (nSPS) is 15.0. The molecule has 4 aromatic rings. The first-order valence-electron chi connectivity index (χ1n) is 9.47. The fourth-order valence-electron chi connectivity index (χ4n) is 3.32. The van der Waals surface area contributed by atoms with E-state index in [4.69, 9.17) is 4.99 Å². The number of rotatable bonds is 4. The van der Waals surface area contributed by atoms with Crippen molar-refractivity contribution < 1.29 is 9.90 Å². The highest BCUT2D eigenvalue weighted by Gasteiger charge is 2.19. The quantitative estimate of drug-likeness (QED) is 0.451. The van der Waals surface area contributed by atoms with Crippen molar-refractivity contribution >= 4 is 55.5 Å². The number of aromatic hydroxyl groups is 1. The fourth-order valence-corrected chi connectivity index (χ4v) is 5.20. The smallest absolute Gasteiger partial charge is 0.212 e. The SMILES string of the molecule is C=CCn1c(O)c(/C=C2\C=CC(=O)c3ncccc32)s/c1=N\c1nc2ccccc2s1. The number of thiazole rings is 2. The van der Waals surface area contributed by atoms with Gasteiger partial charge in [0.05, 0.1) is 15.1 Å². The van der Waals surface area contributed by atoms with E-state index in [1.54, 1.807) is 29.0 Å². The van der Waals surface area contributed by atoms with Crippen LogP contribution in [-0.2, 0) is 6.54 Å². The molecule has 8 heteroatoms. The number of carbonyl (C=O) groups is 1. The maximum atomic E-state index is 12.1. The molecule has 6 nitrogen and oxygen atoms in total. The standard InChI is InChI=1S/C23H16N4O2S2/c1-2-12-27-21(29)19(13-14-9-10-17(28)20-15(14)6-5-11-24-20)31-23(27)26-22-25-16-7-3-4-8-18(16)30-22/h2-11,13,29H,1,12H2/b14-13+,26-23-. The van der Waals surface area contributed by atoms with Crippen LogP contribution in [0.2, 0.25) is 0 Å². The van der Waals surface area contributed by atoms with Crippen LogP contribution < -0.4 is 4.80 Å². The van der Waals surface area contributed by atoms with Crippen molar-refractivity contribution in [2.45, 2.75) is 6.54 Å². The van der Waals surface area contributed by atoms with Gasteiger partial charge in [0.2, 0.25) is 16.8 Å². The predicted molar refractivity (Wildman–Crippen MR) is 125 cm³/mol. The van der Waals surface area contributed by atoms with Crippen molar-refractivity contribution in [3.05, 3.63) is 88.3 Å². The number of hydrogen-bond donors (Lipinski definition) is 1. The van der Waals surface area contributed by atoms with Gasteiger partial charge in [-0.05, 0) is 35.9 Å². The number of allylic oxidation sites excluding steroid dienone is 4. The molecule has 0 unspecified atom stereocenters. The van der Waals surface area contributed by atoms with Gasteiger partial charge < -0.3 is 5.11 Å². The van der Waals surface area contributed by atoms with Crippen LogP contribution in [0.5, 0.6) is 5.88 Å². The number of para-hydroxylation sites is 1. The Morgan fingerprint density at radius 2 is 2.03 bits per heavy atom. The van der Waals surface area contributed by atoms with Gasteiger partial charge in [-0.2, -0.15) is 4.99 Å². The summed E-state index contributed by atoms with van der Waals surface area (Å²) in [5.41, 5.74) is 2.84. The Morgan fingerprint density at radius 1 is 1.16 bits per heavy atom. The van der Waals surface area contributed by atoms with E-state index in [1.165, 1.54) is 28.7 Å². The second-order valence-electron chi connectivity index (χ2n) is 6.74. The zero-order valence-corrected chi connectivity index (χ0v) is 17.9. The first-order valence-corrected chi connectivity index (χ1v) is 11.1. The number of carbonyl (C=O) groups excluding carboxylic acids is 1. The van der Waals surface area contributed by atoms with Crippen LogP contribution >= 0.6 is 22.7 Å². The topological polar surface area (TPSA) is 80.4 Å². The lowest BCUT2D eigenvalue weighted by atomic mass is 9.95. The van der Waals surface area contributed by atoms with Crippen molar-refractivity contribution in [2.75, 3.05) is 0 Å². The molecule has 1 aliphatic carbocycles. The molecule has 1 aliphatic rings. The molecule has 0 radical (unpaired) electrons. The van der Waals surface area contributed by atoms with Crippen LogP contribution in [0.25, 0.3) is 21.9 Å². The van der Waals surface area contributed by atoms with E-state index < -0.39 is 0 Å². The van der Waals surface area contributed by atoms with Crippen LogP contribution in [0.1, 0.15) is 20.9 Å². The molecule has 0 bridgehead atoms. The highest BCUT2D eigenvalue weighted by molar-refractivity contribution is 7.22. The van der Waals surface area contributed by atoms with Crippen LogP contribution in [0.3, 0.4) is 0 Å². The average molecular weight is 445 g/mol. The van der Waals surface area contributed by atoms with E-state index in [0.717, 1.165) is 21.4 Å². The molecule has 152 valence electrons. The number of hydrogen-bond acceptors (Lipinski definition) is 7. The Bertz CT molecular complexity index is 1440. The highest BCUT2D eigenvalue weighted by atomic mass is 32.1. The summed E-state index contributed by atoms with van der Waals surface area (Å²) in [6.07, 6.45) is 8.40. The van der Waals surface area contributed by atoms with Gasteiger partial charge in [-0.3, -0.25) is 14.3 Å². The Morgan fingerprint density at radius 3 is 2.87 bits per heavy atom. The number of fused-ring (bicyclic) bond motifs is 2. The van der Waals surface area contributed by atoms with E-state index in [9.17, 15) is 9.90 Å². The highest BCUT2D eigenvalue weighted by Crippen LogP contribution is 2.32. The average Bonchev–Trinajstić information content (AvgIpc) is 3.32. The van der Waals surface area contributed by atoms with Crippen molar-refractivity contribution in [1.29, 1.82) is 0 Å². The number of nitrogens with zero attached hydrogens (tertiary/aromatic N) is 4. The van der Waals surface area contributed by atoms with Gasteiger partial charge in [-0.1, -0.05) is 53.0 Å². The Kier molecular flexibility index (Phi) is 4.93. The van der Waals surface area contributed by atoms with Crippen molar-refractivity contribution in [3.8, 4) is 5.88 Å². The van der Waals surface area contributed by atoms with Gasteiger partial charge in [0, 0.05) is 18.3 Å². The fraction of sp³-hybridized carbons (Fsp3) is 0.0435. The number of ketones is 1. The molecule has 0 fully saturated rings. The summed E-state index contributed by atoms with van der Waals surface area (Å²) in [5.74, 6) is -0.0376. The Labute approximate surface area is 185 Å². The van der Waals surface area contributed by atoms with Gasteiger partial charge in [0.1, 0.15) is 5.69 Å². The van der Waals surface area contributed by atoms with Crippen LogP contribution in [0.15, 0.2) is 72.4 Å². The summed E-state index contributed by atoms with van der Waals surface area (Å²) in [4.78, 5) is 26.8. The zero-order chi connectivity index (χ0) is 21.4. The molecule has 0 aliphatic heterocycles. The molecule has 5 rings (SSSR count). The number of benzene rings is 1. The summed E-state index contributed by atoms with van der Waals surface area (Å²) in [6.45, 7) is 4.19. The molecular weight excluding hydrogens is 428 g/mol. The summed E-state index contributed by atoms with van der Waals surface area (Å²) < 4.78 is 2.75. The first-order chi connectivity index (χ1) is 15.1. The minimum Gasteiger partial charge on any atom is -0.493 e. The molecule has 0 atom stereocenters. The monoisotopic (exact) mass is 444 g/mol. The molecule has 0 amide bonds. The lowest BCUT2D eigenvalue weighted by Gasteiger charge is -2.11. The molecule has 1 N–H and O–H groups in total. The van der Waals surface area contributed by atoms with Gasteiger partial charge in [0.15, 0.2) is 4.80 Å². The summed E-state index contributed by atoms with van der Waals surface area (Å²) in [5, 5.41) is 11.5. The third-order valence-electron chi connectivity index (χ3n) is 4.75. The second kappa shape index (κ2) is 7.90. The zero-order valence-electron chi connectivity index (χ0n) is 16.2. The molecule has 0 saturated heterocycles. The minimum atomic E-state index is -0.128. The molecule has 3 heterocycles. The Hall–Kier alpha value is -3.62. The van der Waals surface area contributed by atoms with E-state index in [2.05, 4.69) is 16.5 Å². The van der Waals surface area contributed by atoms with E-state index in [-0.39, 0.29) is 11.7 Å². The first kappa shape index (κ1) is 19.3. The lowest BCUT2D eigenvalue weighted by Crippen LogP contribution is -2.12. The number of aromatic nitrogens is 3. The largest absolute Gasteiger partial charge is 0.493 e. The third kappa shape index (κ3) is 3.56. The van der Waals surface area contributed by atoms with Crippen molar-refractivity contribution in [3.63, 3.8) is 0 Å². The summed E-state index contributed by atoms with van der Waals surface area (Å²) in [6, 6.07) is 11.5. The predicted octanol–water partition coefficient (Wildman–Crippen LogP) is 4.97. The van der Waals surface area contributed by atoms with Crippen LogP contribution in [0, 0.1) is 0 Å². The van der Waals surface area contributed by atoms with Gasteiger partial charge in [-0.15, -0.1) is 6.58 Å². The lowest BCUT2D eigenvalue weighted by molar-refractivity contribution is 0.104. The molecule has 0 saturated carbocycles. The van der Waals surface area contributed by atoms with Crippen LogP contribution in [0.4, 0.5) is 5.13 Å². The molecule has 1 aromatic carbocycles. The molecule has 0 spiro atoms. The van der Waals surface area contributed by atoms with Crippen LogP contribution in [-0.4, -0.2) is 25.4 Å². The number of pyridine rings is 1. The molecular formula is C23H16N4O2S2. The van der Waals surface area contributed by atoms with Gasteiger partial charge in [-0.25, -0.2) is 4.98 Å². The minimum absolute atomic E-state index is 0.0907. The van der Waals surface area contributed by atoms with E-state index >= 15 is 0 Å². The maximum Gasteiger partial charge on any atom is 0.212 e. The van der Waals surface area contributed by atoms with E-state index in [1.807, 2.05) is 36.4 Å². The Balaban J connectivity index is 1.64. The van der Waals surface area contributed by atoms with Crippen molar-refractivity contribution in [1.82, 2.24) is 14.5 Å². The molecule has 3 aromatic heterocycles.